The fraction of sp³-hybridized carbons (Fsp3) is 0.143. The van der Waals surface area contributed by atoms with E-state index in [1.807, 2.05) is 0 Å². The predicted octanol–water partition coefficient (Wildman–Crippen LogP) is 2.42. The van der Waals surface area contributed by atoms with E-state index in [0.717, 1.165) is 5.56 Å². The average molecular weight is 419 g/mol. The summed E-state index contributed by atoms with van der Waals surface area (Å²) in [5.74, 6) is -0.350. The van der Waals surface area contributed by atoms with Crippen molar-refractivity contribution >= 4 is 43.5 Å². The van der Waals surface area contributed by atoms with Crippen LogP contribution in [-0.4, -0.2) is 31.3 Å². The van der Waals surface area contributed by atoms with Crippen LogP contribution >= 0.6 is 27.5 Å². The molecule has 0 spiro atoms. The fourth-order valence-electron chi connectivity index (χ4n) is 1.90. The van der Waals surface area contributed by atoms with Gasteiger partial charge in [-0.2, -0.15) is 0 Å². The summed E-state index contributed by atoms with van der Waals surface area (Å²) in [6.07, 6.45) is 1.57. The first-order valence-corrected chi connectivity index (χ1v) is 9.08. The Labute approximate surface area is 147 Å². The Bertz CT molecular complexity index is 841. The number of pyridine rings is 1. The highest BCUT2D eigenvalue weighted by Gasteiger charge is 2.18. The molecular weight excluding hydrogens is 406 g/mol. The molecule has 0 radical (unpaired) electrons. The minimum absolute atomic E-state index is 0.120. The third-order valence-corrected chi connectivity index (χ3v) is 4.88. The lowest BCUT2D eigenvalue weighted by Crippen LogP contribution is -2.27. The highest BCUT2D eigenvalue weighted by Crippen LogP contribution is 2.22. The molecule has 9 heteroatoms. The number of rotatable bonds is 4. The summed E-state index contributed by atoms with van der Waals surface area (Å²) in [6, 6.07) is 7.45. The first-order chi connectivity index (χ1) is 10.7. The van der Waals surface area contributed by atoms with Gasteiger partial charge in [0.05, 0.1) is 10.5 Å². The van der Waals surface area contributed by atoms with Crippen molar-refractivity contribution in [2.45, 2.75) is 11.4 Å². The van der Waals surface area contributed by atoms with Crippen LogP contribution in [-0.2, 0) is 16.6 Å². The Kier molecular flexibility index (Phi) is 5.41. The molecule has 23 heavy (non-hydrogen) atoms. The normalized spacial score (nSPS) is 11.3. The highest BCUT2D eigenvalue weighted by molar-refractivity contribution is 9.10. The van der Waals surface area contributed by atoms with Gasteiger partial charge in [0.25, 0.3) is 5.91 Å². The van der Waals surface area contributed by atoms with Gasteiger partial charge < -0.3 is 4.90 Å². The maximum absolute atomic E-state index is 12.5. The number of aromatic nitrogens is 1. The SMILES string of the molecule is CN(Cc1ccc(Cl)nc1)C(=O)c1cc(S(N)(=O)=O)ccc1Br. The lowest BCUT2D eigenvalue weighted by Gasteiger charge is -2.18. The number of nitrogens with zero attached hydrogens (tertiary/aromatic N) is 2. The molecule has 0 unspecified atom stereocenters. The number of carbonyl (C=O) groups is 1. The monoisotopic (exact) mass is 417 g/mol. The molecule has 0 atom stereocenters. The largest absolute Gasteiger partial charge is 0.337 e. The van der Waals surface area contributed by atoms with Gasteiger partial charge in [-0.1, -0.05) is 17.7 Å². The van der Waals surface area contributed by atoms with E-state index in [2.05, 4.69) is 20.9 Å². The molecule has 2 N–H and O–H groups in total. The summed E-state index contributed by atoms with van der Waals surface area (Å²) in [6.45, 7) is 0.301. The number of amides is 1. The predicted molar refractivity (Wildman–Crippen MR) is 90.6 cm³/mol. The zero-order chi connectivity index (χ0) is 17.2. The van der Waals surface area contributed by atoms with Crippen LogP contribution in [0, 0.1) is 0 Å². The van der Waals surface area contributed by atoms with Gasteiger partial charge in [0.15, 0.2) is 0 Å². The number of hydrogen-bond acceptors (Lipinski definition) is 4. The van der Waals surface area contributed by atoms with Crippen molar-refractivity contribution in [3.8, 4) is 0 Å². The summed E-state index contributed by atoms with van der Waals surface area (Å²) in [4.78, 5) is 17.8. The number of sulfonamides is 1. The molecule has 0 saturated carbocycles. The van der Waals surface area contributed by atoms with Crippen LogP contribution < -0.4 is 5.14 Å². The Morgan fingerprint density at radius 2 is 2.04 bits per heavy atom. The van der Waals surface area contributed by atoms with Crippen LogP contribution in [0.2, 0.25) is 5.15 Å². The van der Waals surface area contributed by atoms with Crippen LogP contribution in [0.3, 0.4) is 0 Å². The van der Waals surface area contributed by atoms with E-state index in [1.54, 1.807) is 25.4 Å². The van der Waals surface area contributed by atoms with Crippen molar-refractivity contribution in [2.75, 3.05) is 7.05 Å². The minimum atomic E-state index is -3.88. The smallest absolute Gasteiger partial charge is 0.255 e. The molecule has 0 fully saturated rings. The van der Waals surface area contributed by atoms with Gasteiger partial charge in [0.1, 0.15) is 5.15 Å². The number of hydrogen-bond donors (Lipinski definition) is 1. The molecule has 1 aromatic carbocycles. The molecule has 0 aliphatic rings. The van der Waals surface area contributed by atoms with Crippen molar-refractivity contribution in [3.63, 3.8) is 0 Å². The molecule has 6 nitrogen and oxygen atoms in total. The summed E-state index contributed by atoms with van der Waals surface area (Å²) >= 11 is 8.97. The van der Waals surface area contributed by atoms with Gasteiger partial charge in [-0.3, -0.25) is 4.79 Å². The number of primary sulfonamides is 1. The average Bonchev–Trinajstić information content (AvgIpc) is 2.48. The van der Waals surface area contributed by atoms with Crippen LogP contribution in [0.1, 0.15) is 15.9 Å². The number of nitrogens with two attached hydrogens (primary N) is 1. The highest BCUT2D eigenvalue weighted by atomic mass is 79.9. The van der Waals surface area contributed by atoms with Gasteiger partial charge in [0, 0.05) is 24.3 Å². The summed E-state index contributed by atoms with van der Waals surface area (Å²) in [7, 11) is -2.28. The van der Waals surface area contributed by atoms with E-state index in [1.165, 1.54) is 23.1 Å². The number of carbonyl (C=O) groups excluding carboxylic acids is 1. The quantitative estimate of drug-likeness (QED) is 0.772. The van der Waals surface area contributed by atoms with Gasteiger partial charge >= 0.3 is 0 Å². The van der Waals surface area contributed by atoms with Gasteiger partial charge in [-0.15, -0.1) is 0 Å². The lowest BCUT2D eigenvalue weighted by molar-refractivity contribution is 0.0784. The minimum Gasteiger partial charge on any atom is -0.337 e. The molecule has 0 bridgehead atoms. The second-order valence-electron chi connectivity index (χ2n) is 4.84. The molecule has 2 rings (SSSR count). The second-order valence-corrected chi connectivity index (χ2v) is 7.64. The molecule has 122 valence electrons. The molecule has 1 amide bonds. The molecule has 1 heterocycles. The Morgan fingerprint density at radius 1 is 1.35 bits per heavy atom. The van der Waals surface area contributed by atoms with Gasteiger partial charge in [-0.25, -0.2) is 18.5 Å². The van der Waals surface area contributed by atoms with E-state index in [9.17, 15) is 13.2 Å². The Morgan fingerprint density at radius 3 is 2.61 bits per heavy atom. The van der Waals surface area contributed by atoms with Crippen LogP contribution in [0.15, 0.2) is 45.9 Å². The third kappa shape index (κ3) is 4.51. The third-order valence-electron chi connectivity index (χ3n) is 3.05. The second kappa shape index (κ2) is 6.96. The van der Waals surface area contributed by atoms with Crippen molar-refractivity contribution in [1.29, 1.82) is 0 Å². The topological polar surface area (TPSA) is 93.4 Å². The fourth-order valence-corrected chi connectivity index (χ4v) is 2.96. The summed E-state index contributed by atoms with van der Waals surface area (Å²) < 4.78 is 23.3. The maximum atomic E-state index is 12.5. The van der Waals surface area contributed by atoms with E-state index in [-0.39, 0.29) is 16.4 Å². The molecule has 2 aromatic rings. The standard InChI is InChI=1S/C14H13BrClN3O3S/c1-19(8-9-2-5-13(16)18-7-9)14(20)11-6-10(23(17,21)22)3-4-12(11)15/h2-7H,8H2,1H3,(H2,17,21,22). The van der Waals surface area contributed by atoms with Crippen LogP contribution in [0.25, 0.3) is 0 Å². The van der Waals surface area contributed by atoms with Gasteiger partial charge in [-0.05, 0) is 45.8 Å². The lowest BCUT2D eigenvalue weighted by atomic mass is 10.2. The van der Waals surface area contributed by atoms with Crippen molar-refractivity contribution < 1.29 is 13.2 Å². The van der Waals surface area contributed by atoms with E-state index in [4.69, 9.17) is 16.7 Å². The summed E-state index contributed by atoms with van der Waals surface area (Å²) in [5, 5.41) is 5.47. The molecule has 0 saturated heterocycles. The van der Waals surface area contributed by atoms with Crippen LogP contribution in [0.5, 0.6) is 0 Å². The first kappa shape index (κ1) is 17.9. The van der Waals surface area contributed by atoms with Crippen molar-refractivity contribution in [2.24, 2.45) is 5.14 Å². The molecule has 1 aromatic heterocycles. The zero-order valence-electron chi connectivity index (χ0n) is 12.0. The van der Waals surface area contributed by atoms with E-state index < -0.39 is 10.0 Å². The van der Waals surface area contributed by atoms with Crippen molar-refractivity contribution in [3.05, 3.63) is 57.3 Å². The first-order valence-electron chi connectivity index (χ1n) is 6.37. The van der Waals surface area contributed by atoms with Crippen LogP contribution in [0.4, 0.5) is 0 Å². The van der Waals surface area contributed by atoms with E-state index >= 15 is 0 Å². The molecule has 0 aliphatic heterocycles. The molecule has 0 aliphatic carbocycles. The maximum Gasteiger partial charge on any atom is 0.255 e. The number of benzene rings is 1. The number of halogens is 2. The summed E-state index contributed by atoms with van der Waals surface area (Å²) in [5.41, 5.74) is 1.00. The van der Waals surface area contributed by atoms with Gasteiger partial charge in [0.2, 0.25) is 10.0 Å². The Hall–Kier alpha value is -1.48. The zero-order valence-corrected chi connectivity index (χ0v) is 15.2. The van der Waals surface area contributed by atoms with E-state index in [0.29, 0.717) is 16.2 Å². The Balaban J connectivity index is 2.27. The molecular formula is C14H13BrClN3O3S. The van der Waals surface area contributed by atoms with Crippen molar-refractivity contribution in [1.82, 2.24) is 9.88 Å².